The summed E-state index contributed by atoms with van der Waals surface area (Å²) in [4.78, 5) is 0. The number of hydrogen-bond acceptors (Lipinski definition) is 2. The molecule has 1 N–H and O–H groups in total. The molecule has 3 rings (SSSR count). The highest BCUT2D eigenvalue weighted by Gasteiger charge is 2.33. The summed E-state index contributed by atoms with van der Waals surface area (Å²) in [6, 6.07) is 1.23. The maximum absolute atomic E-state index is 13.7. The minimum absolute atomic E-state index is 0.130. The Kier molecular flexibility index (Phi) is 1.56. The van der Waals surface area contributed by atoms with Gasteiger partial charge in [0, 0.05) is 24.1 Å². The predicted molar refractivity (Wildman–Crippen MR) is 46.3 cm³/mol. The van der Waals surface area contributed by atoms with E-state index in [0.717, 1.165) is 0 Å². The Balaban J connectivity index is 2.20. The van der Waals surface area contributed by atoms with Crippen LogP contribution in [0.2, 0.25) is 0 Å². The summed E-state index contributed by atoms with van der Waals surface area (Å²) in [5, 5.41) is 2.89. The van der Waals surface area contributed by atoms with Gasteiger partial charge in [-0.25, -0.2) is 8.78 Å². The monoisotopic (exact) mass is 197 g/mol. The summed E-state index contributed by atoms with van der Waals surface area (Å²) in [5.74, 6) is -0.732. The van der Waals surface area contributed by atoms with Crippen LogP contribution in [-0.2, 0) is 6.42 Å². The largest absolute Gasteiger partial charge is 0.490 e. The third-order valence-corrected chi connectivity index (χ3v) is 2.66. The second kappa shape index (κ2) is 2.67. The van der Waals surface area contributed by atoms with Gasteiger partial charge in [0.1, 0.15) is 5.82 Å². The molecule has 0 unspecified atom stereocenters. The SMILES string of the molecule is Fc1cc2c(c(F)c1[C@H]1CN1)OCC2. The Morgan fingerprint density at radius 2 is 2.21 bits per heavy atom. The molecule has 0 saturated carbocycles. The van der Waals surface area contributed by atoms with Crippen molar-refractivity contribution in [1.82, 2.24) is 5.32 Å². The van der Waals surface area contributed by atoms with Gasteiger partial charge in [0.25, 0.3) is 0 Å². The molecule has 0 spiro atoms. The summed E-state index contributed by atoms with van der Waals surface area (Å²) in [5.41, 5.74) is 0.773. The Bertz CT molecular complexity index is 402. The molecular weight excluding hydrogens is 188 g/mol. The zero-order chi connectivity index (χ0) is 9.71. The van der Waals surface area contributed by atoms with Gasteiger partial charge in [-0.05, 0) is 6.07 Å². The van der Waals surface area contributed by atoms with Crippen molar-refractivity contribution in [2.75, 3.05) is 13.2 Å². The predicted octanol–water partition coefficient (Wildman–Crippen LogP) is 1.54. The first-order valence-electron chi connectivity index (χ1n) is 4.64. The van der Waals surface area contributed by atoms with Crippen molar-refractivity contribution in [2.24, 2.45) is 0 Å². The summed E-state index contributed by atoms with van der Waals surface area (Å²) in [7, 11) is 0. The van der Waals surface area contributed by atoms with Crippen molar-refractivity contribution < 1.29 is 13.5 Å². The zero-order valence-electron chi connectivity index (χ0n) is 7.44. The van der Waals surface area contributed by atoms with Crippen LogP contribution in [0.25, 0.3) is 0 Å². The Hall–Kier alpha value is -1.16. The van der Waals surface area contributed by atoms with E-state index in [-0.39, 0.29) is 17.4 Å². The fraction of sp³-hybridized carbons (Fsp3) is 0.400. The summed E-state index contributed by atoms with van der Waals surface area (Å²) in [6.07, 6.45) is 0.599. The van der Waals surface area contributed by atoms with Crippen LogP contribution in [0.15, 0.2) is 6.07 Å². The van der Waals surface area contributed by atoms with Gasteiger partial charge in [0.2, 0.25) is 0 Å². The van der Waals surface area contributed by atoms with E-state index in [1.807, 2.05) is 0 Å². The Morgan fingerprint density at radius 3 is 2.93 bits per heavy atom. The van der Waals surface area contributed by atoms with Crippen molar-refractivity contribution in [3.05, 3.63) is 28.8 Å². The lowest BCUT2D eigenvalue weighted by Gasteiger charge is -2.06. The van der Waals surface area contributed by atoms with Crippen molar-refractivity contribution >= 4 is 0 Å². The molecule has 1 aromatic rings. The number of nitrogens with one attached hydrogen (secondary N) is 1. The van der Waals surface area contributed by atoms with Crippen LogP contribution < -0.4 is 10.1 Å². The Morgan fingerprint density at radius 1 is 1.43 bits per heavy atom. The van der Waals surface area contributed by atoms with E-state index >= 15 is 0 Å². The summed E-state index contributed by atoms with van der Waals surface area (Å²) in [6.45, 7) is 1.10. The average molecular weight is 197 g/mol. The zero-order valence-corrected chi connectivity index (χ0v) is 7.44. The third-order valence-electron chi connectivity index (χ3n) is 2.66. The lowest BCUT2D eigenvalue weighted by molar-refractivity contribution is 0.337. The minimum Gasteiger partial charge on any atom is -0.490 e. The molecule has 0 radical (unpaired) electrons. The van der Waals surface area contributed by atoms with Crippen LogP contribution in [0.3, 0.4) is 0 Å². The number of benzene rings is 1. The fourth-order valence-electron chi connectivity index (χ4n) is 1.85. The molecule has 14 heavy (non-hydrogen) atoms. The van der Waals surface area contributed by atoms with Crippen molar-refractivity contribution in [3.63, 3.8) is 0 Å². The first-order valence-corrected chi connectivity index (χ1v) is 4.64. The highest BCUT2D eigenvalue weighted by molar-refractivity contribution is 5.44. The quantitative estimate of drug-likeness (QED) is 0.692. The van der Waals surface area contributed by atoms with E-state index < -0.39 is 11.6 Å². The topological polar surface area (TPSA) is 31.2 Å². The van der Waals surface area contributed by atoms with Crippen molar-refractivity contribution in [2.45, 2.75) is 12.5 Å². The van der Waals surface area contributed by atoms with Gasteiger partial charge >= 0.3 is 0 Å². The van der Waals surface area contributed by atoms with Crippen LogP contribution in [0.1, 0.15) is 17.2 Å². The maximum atomic E-state index is 13.7. The molecule has 4 heteroatoms. The number of ether oxygens (including phenoxy) is 1. The lowest BCUT2D eigenvalue weighted by Crippen LogP contribution is -1.99. The molecule has 1 saturated heterocycles. The molecule has 0 amide bonds. The van der Waals surface area contributed by atoms with Gasteiger partial charge < -0.3 is 10.1 Å². The Labute approximate surface area is 79.9 Å². The van der Waals surface area contributed by atoms with Gasteiger partial charge in [-0.1, -0.05) is 0 Å². The van der Waals surface area contributed by atoms with Gasteiger partial charge in [-0.15, -0.1) is 0 Å². The molecule has 2 aliphatic heterocycles. The van der Waals surface area contributed by atoms with Gasteiger partial charge in [0.15, 0.2) is 11.6 Å². The first-order chi connectivity index (χ1) is 6.77. The van der Waals surface area contributed by atoms with Crippen LogP contribution in [0.5, 0.6) is 5.75 Å². The minimum atomic E-state index is -0.521. The number of fused-ring (bicyclic) bond motifs is 1. The smallest absolute Gasteiger partial charge is 0.173 e. The van der Waals surface area contributed by atoms with Crippen LogP contribution in [0.4, 0.5) is 8.78 Å². The van der Waals surface area contributed by atoms with Gasteiger partial charge in [-0.3, -0.25) is 0 Å². The molecule has 0 bridgehead atoms. The summed E-state index contributed by atoms with van der Waals surface area (Å²) >= 11 is 0. The standard InChI is InChI=1S/C10H9F2NO/c11-6-3-5-1-2-14-10(5)9(12)8(6)7-4-13-7/h3,7,13H,1-2,4H2/t7-/m1/s1. The number of hydrogen-bond donors (Lipinski definition) is 1. The van der Waals surface area contributed by atoms with Crippen molar-refractivity contribution in [3.8, 4) is 5.75 Å². The summed E-state index contributed by atoms with van der Waals surface area (Å²) < 4.78 is 32.3. The first kappa shape index (κ1) is 8.17. The fourth-order valence-corrected chi connectivity index (χ4v) is 1.85. The number of halogens is 2. The number of rotatable bonds is 1. The molecule has 2 nitrogen and oxygen atoms in total. The molecule has 0 aromatic heterocycles. The molecule has 1 fully saturated rings. The van der Waals surface area contributed by atoms with E-state index in [2.05, 4.69) is 5.32 Å². The molecule has 1 atom stereocenters. The van der Waals surface area contributed by atoms with Gasteiger partial charge in [-0.2, -0.15) is 0 Å². The van der Waals surface area contributed by atoms with Crippen LogP contribution >= 0.6 is 0 Å². The lowest BCUT2D eigenvalue weighted by atomic mass is 10.1. The van der Waals surface area contributed by atoms with E-state index in [4.69, 9.17) is 4.74 Å². The van der Waals surface area contributed by atoms with Crippen molar-refractivity contribution in [1.29, 1.82) is 0 Å². The second-order valence-corrected chi connectivity index (χ2v) is 3.63. The normalized spacial score (nSPS) is 23.1. The van der Waals surface area contributed by atoms with E-state index in [9.17, 15) is 8.78 Å². The van der Waals surface area contributed by atoms with E-state index in [1.165, 1.54) is 6.07 Å². The molecular formula is C10H9F2NO. The average Bonchev–Trinajstić information content (AvgIpc) is 2.84. The van der Waals surface area contributed by atoms with Crippen LogP contribution in [0, 0.1) is 11.6 Å². The highest BCUT2D eigenvalue weighted by atomic mass is 19.1. The molecule has 2 aliphatic rings. The second-order valence-electron chi connectivity index (χ2n) is 3.63. The van der Waals surface area contributed by atoms with E-state index in [0.29, 0.717) is 25.1 Å². The maximum Gasteiger partial charge on any atom is 0.173 e. The molecule has 1 aromatic carbocycles. The van der Waals surface area contributed by atoms with E-state index in [1.54, 1.807) is 0 Å². The molecule has 2 heterocycles. The van der Waals surface area contributed by atoms with Crippen LogP contribution in [-0.4, -0.2) is 13.2 Å². The van der Waals surface area contributed by atoms with Gasteiger partial charge in [0.05, 0.1) is 12.6 Å². The highest BCUT2D eigenvalue weighted by Crippen LogP contribution is 2.37. The molecule has 74 valence electrons. The molecule has 0 aliphatic carbocycles. The third kappa shape index (κ3) is 1.04.